The first-order valence-electron chi connectivity index (χ1n) is 12.8. The molecule has 0 bridgehead atoms. The summed E-state index contributed by atoms with van der Waals surface area (Å²) in [5.41, 5.74) is 2.36. The Labute approximate surface area is 249 Å². The molecule has 1 aromatic heterocycles. The summed E-state index contributed by atoms with van der Waals surface area (Å²) in [6.45, 7) is 2.58. The minimum atomic E-state index is -0.649. The molecule has 5 rings (SSSR count). The minimum absolute atomic E-state index is 0.0159. The number of benzene rings is 3. The van der Waals surface area contributed by atoms with Gasteiger partial charge < -0.3 is 23.9 Å². The number of aliphatic imine (C=N–C) groups is 1. The van der Waals surface area contributed by atoms with Crippen LogP contribution in [0.5, 0.6) is 11.5 Å². The van der Waals surface area contributed by atoms with Gasteiger partial charge in [0.25, 0.3) is 0 Å². The molecule has 0 saturated carbocycles. The first kappa shape index (κ1) is 28.5. The molecular weight excluding hydrogens is 611 g/mol. The average Bonchev–Trinajstić information content (AvgIpc) is 3.46. The monoisotopic (exact) mass is 636 g/mol. The molecule has 0 spiro atoms. The summed E-state index contributed by atoms with van der Waals surface area (Å²) in [4.78, 5) is 17.9. The maximum atomic E-state index is 14.0. The van der Waals surface area contributed by atoms with E-state index in [0.717, 1.165) is 20.9 Å². The third-order valence-electron chi connectivity index (χ3n) is 6.26. The number of para-hydroxylation sites is 1. The Morgan fingerprint density at radius 2 is 1.93 bits per heavy atom. The van der Waals surface area contributed by atoms with Crippen molar-refractivity contribution in [3.05, 3.63) is 105 Å². The van der Waals surface area contributed by atoms with Crippen LogP contribution in [-0.2, 0) is 16.1 Å². The van der Waals surface area contributed by atoms with Crippen molar-refractivity contribution in [2.75, 3.05) is 20.3 Å². The fourth-order valence-electron chi connectivity index (χ4n) is 4.32. The van der Waals surface area contributed by atoms with E-state index in [1.54, 1.807) is 56.5 Å². The van der Waals surface area contributed by atoms with E-state index in [9.17, 15) is 14.3 Å². The zero-order valence-electron chi connectivity index (χ0n) is 22.3. The summed E-state index contributed by atoms with van der Waals surface area (Å²) in [6, 6.07) is 19.3. The van der Waals surface area contributed by atoms with Gasteiger partial charge in [-0.05, 0) is 67.6 Å². The molecule has 1 aliphatic heterocycles. The summed E-state index contributed by atoms with van der Waals surface area (Å²) in [6.07, 6.45) is 3.75. The molecule has 0 amide bonds. The van der Waals surface area contributed by atoms with Gasteiger partial charge in [0.15, 0.2) is 11.6 Å². The molecule has 0 saturated heterocycles. The van der Waals surface area contributed by atoms with Gasteiger partial charge in [-0.25, -0.2) is 14.2 Å². The number of aliphatic hydroxyl groups is 1. The quantitative estimate of drug-likeness (QED) is 0.189. The number of fused-ring (bicyclic) bond motifs is 1. The molecule has 1 aliphatic rings. The number of rotatable bonds is 9. The molecule has 0 atom stereocenters. The number of hydrogen-bond acceptors (Lipinski definition) is 7. The van der Waals surface area contributed by atoms with Crippen molar-refractivity contribution in [2.24, 2.45) is 4.99 Å². The number of hydrogen-bond donors (Lipinski definition) is 1. The molecule has 0 unspecified atom stereocenters. The van der Waals surface area contributed by atoms with Crippen LogP contribution in [0.3, 0.4) is 0 Å². The van der Waals surface area contributed by atoms with E-state index in [2.05, 4.69) is 20.9 Å². The molecule has 2 heterocycles. The van der Waals surface area contributed by atoms with Gasteiger partial charge >= 0.3 is 5.97 Å². The van der Waals surface area contributed by atoms with Crippen LogP contribution < -0.4 is 9.47 Å². The van der Waals surface area contributed by atoms with E-state index in [4.69, 9.17) is 14.2 Å². The first-order chi connectivity index (χ1) is 19.9. The topological polar surface area (TPSA) is 82.3 Å². The zero-order chi connectivity index (χ0) is 28.9. The second-order valence-corrected chi connectivity index (χ2v) is 10.8. The fourth-order valence-corrected chi connectivity index (χ4v) is 5.71. The summed E-state index contributed by atoms with van der Waals surface area (Å²) in [7, 11) is 1.58. The Morgan fingerprint density at radius 1 is 1.15 bits per heavy atom. The van der Waals surface area contributed by atoms with Crippen molar-refractivity contribution in [2.45, 2.75) is 13.5 Å². The van der Waals surface area contributed by atoms with Crippen LogP contribution in [0.15, 0.2) is 98.6 Å². The molecule has 41 heavy (non-hydrogen) atoms. The predicted octanol–water partition coefficient (Wildman–Crippen LogP) is 7.82. The average molecular weight is 638 g/mol. The normalized spacial score (nSPS) is 15.2. The Balaban J connectivity index is 1.49. The molecule has 4 aromatic rings. The maximum Gasteiger partial charge on any atom is 0.344 e. The lowest BCUT2D eigenvalue weighted by Gasteiger charge is -2.09. The molecule has 3 aromatic carbocycles. The summed E-state index contributed by atoms with van der Waals surface area (Å²) >= 11 is 4.73. The molecule has 0 radical (unpaired) electrons. The van der Waals surface area contributed by atoms with Crippen LogP contribution in [-0.4, -0.2) is 41.0 Å². The van der Waals surface area contributed by atoms with Crippen molar-refractivity contribution in [1.82, 2.24) is 4.57 Å². The van der Waals surface area contributed by atoms with Gasteiger partial charge in [-0.15, -0.1) is 0 Å². The number of carbonyl (C=O) groups excluding carboxylic acids is 1. The summed E-state index contributed by atoms with van der Waals surface area (Å²) in [5, 5.41) is 12.4. The first-order valence-corrected chi connectivity index (χ1v) is 14.4. The van der Waals surface area contributed by atoms with Crippen LogP contribution in [0.2, 0.25) is 0 Å². The van der Waals surface area contributed by atoms with Crippen molar-refractivity contribution in [3.63, 3.8) is 0 Å². The highest BCUT2D eigenvalue weighted by atomic mass is 79.9. The van der Waals surface area contributed by atoms with Crippen molar-refractivity contribution < 1.29 is 28.5 Å². The van der Waals surface area contributed by atoms with Gasteiger partial charge in [0.05, 0.1) is 30.9 Å². The van der Waals surface area contributed by atoms with Crippen LogP contribution in [0.4, 0.5) is 10.1 Å². The Bertz CT molecular complexity index is 1690. The van der Waals surface area contributed by atoms with Crippen molar-refractivity contribution >= 4 is 61.4 Å². The zero-order valence-corrected chi connectivity index (χ0v) is 24.7. The van der Waals surface area contributed by atoms with E-state index in [0.29, 0.717) is 27.9 Å². The number of thioether (sulfide) groups is 1. The number of esters is 1. The molecule has 210 valence electrons. The second kappa shape index (κ2) is 12.7. The van der Waals surface area contributed by atoms with Gasteiger partial charge in [0, 0.05) is 27.1 Å². The lowest BCUT2D eigenvalue weighted by Crippen LogP contribution is -2.12. The number of methoxy groups -OCH3 is 1. The van der Waals surface area contributed by atoms with Crippen LogP contribution in [0, 0.1) is 5.82 Å². The van der Waals surface area contributed by atoms with Gasteiger partial charge in [-0.2, -0.15) is 0 Å². The van der Waals surface area contributed by atoms with E-state index in [1.807, 2.05) is 35.0 Å². The molecule has 0 fully saturated rings. The smallest absolute Gasteiger partial charge is 0.344 e. The lowest BCUT2D eigenvalue weighted by molar-refractivity contribution is -0.138. The lowest BCUT2D eigenvalue weighted by atomic mass is 10.1. The third kappa shape index (κ3) is 6.34. The number of carbonyl (C=O) groups is 1. The molecule has 0 aliphatic carbocycles. The van der Waals surface area contributed by atoms with Gasteiger partial charge in [-0.3, -0.25) is 0 Å². The maximum absolute atomic E-state index is 14.0. The summed E-state index contributed by atoms with van der Waals surface area (Å²) < 4.78 is 33.0. The SMILES string of the molecule is CCOC(=O)C1=C(O)/C(=C/c2cn(CCOc3ccccc3F)c3ccc(Br)cc23)SC1=Nc1ccc(OC)cc1. The van der Waals surface area contributed by atoms with Gasteiger partial charge in [0.1, 0.15) is 28.7 Å². The number of aromatic nitrogens is 1. The van der Waals surface area contributed by atoms with Crippen LogP contribution in [0.1, 0.15) is 12.5 Å². The van der Waals surface area contributed by atoms with E-state index in [1.165, 1.54) is 17.8 Å². The van der Waals surface area contributed by atoms with E-state index >= 15 is 0 Å². The Hall–Kier alpha value is -4.02. The van der Waals surface area contributed by atoms with Crippen molar-refractivity contribution in [1.29, 1.82) is 0 Å². The molecule has 7 nitrogen and oxygen atoms in total. The second-order valence-electron chi connectivity index (χ2n) is 8.89. The fraction of sp³-hybridized carbons (Fsp3) is 0.161. The molecule has 1 N–H and O–H groups in total. The summed E-state index contributed by atoms with van der Waals surface area (Å²) in [5.74, 6) is -0.381. The highest BCUT2D eigenvalue weighted by molar-refractivity contribution is 9.10. The van der Waals surface area contributed by atoms with Gasteiger partial charge in [-0.1, -0.05) is 39.8 Å². The van der Waals surface area contributed by atoms with Gasteiger partial charge in [0.2, 0.25) is 0 Å². The number of halogens is 2. The standard InChI is InChI=1S/C31H26BrFN2O5S/c1-3-39-31(37)28-29(36)27(41-30(28)34-21-9-11-22(38-2)12-10-21)16-19-18-35(25-13-8-20(32)17-23(19)25)14-15-40-26-7-5-4-6-24(26)33/h4-13,16-18,36H,3,14-15H2,1-2H3/b27-16-,34-30?. The Kier molecular flexibility index (Phi) is 8.80. The van der Waals surface area contributed by atoms with Crippen LogP contribution in [0.25, 0.3) is 17.0 Å². The highest BCUT2D eigenvalue weighted by Crippen LogP contribution is 2.41. The predicted molar refractivity (Wildman–Crippen MR) is 163 cm³/mol. The molecule has 10 heteroatoms. The number of ether oxygens (including phenoxy) is 3. The van der Waals surface area contributed by atoms with Crippen molar-refractivity contribution in [3.8, 4) is 11.5 Å². The van der Waals surface area contributed by atoms with E-state index < -0.39 is 11.8 Å². The Morgan fingerprint density at radius 3 is 2.66 bits per heavy atom. The minimum Gasteiger partial charge on any atom is -0.506 e. The number of aliphatic hydroxyl groups excluding tert-OH is 1. The van der Waals surface area contributed by atoms with E-state index in [-0.39, 0.29) is 30.3 Å². The third-order valence-corrected chi connectivity index (χ3v) is 7.77. The largest absolute Gasteiger partial charge is 0.506 e. The van der Waals surface area contributed by atoms with Crippen LogP contribution >= 0.6 is 27.7 Å². The molecular formula is C31H26BrFN2O5S. The highest BCUT2D eigenvalue weighted by Gasteiger charge is 2.33. The number of nitrogens with zero attached hydrogens (tertiary/aromatic N) is 2.